The molecule has 0 radical (unpaired) electrons. The minimum Gasteiger partial charge on any atom is -0.369 e. The minimum absolute atomic E-state index is 0.633. The first-order valence-electron chi connectivity index (χ1n) is 5.09. The van der Waals surface area contributed by atoms with E-state index in [-0.39, 0.29) is 0 Å². The molecule has 17 heavy (non-hydrogen) atoms. The van der Waals surface area contributed by atoms with Crippen LogP contribution in [0.15, 0.2) is 29.0 Å². The topological polar surface area (TPSA) is 50.7 Å². The van der Waals surface area contributed by atoms with Gasteiger partial charge in [0.2, 0.25) is 0 Å². The zero-order valence-corrected chi connectivity index (χ0v) is 12.9. The van der Waals surface area contributed by atoms with E-state index < -0.39 is 0 Å². The summed E-state index contributed by atoms with van der Waals surface area (Å²) in [6.45, 7) is 2.87. The summed E-state index contributed by atoms with van der Waals surface area (Å²) in [7, 11) is 0. The van der Waals surface area contributed by atoms with Gasteiger partial charge >= 0.3 is 0 Å². The molecule has 0 saturated heterocycles. The summed E-state index contributed by atoms with van der Waals surface area (Å²) in [5.74, 6) is 1.48. The number of nitrogens with zero attached hydrogens (tertiary/aromatic N) is 3. The number of hydrogen-bond donors (Lipinski definition) is 1. The SMILES string of the molecule is CCNc1nc(-c2ccc(Br)cn2)ncc1I. The molecule has 2 aromatic heterocycles. The number of aromatic nitrogens is 3. The molecule has 2 aromatic rings. The van der Waals surface area contributed by atoms with Crippen molar-refractivity contribution in [3.05, 3.63) is 32.6 Å². The molecule has 0 atom stereocenters. The summed E-state index contributed by atoms with van der Waals surface area (Å²) in [4.78, 5) is 13.0. The largest absolute Gasteiger partial charge is 0.369 e. The fourth-order valence-corrected chi connectivity index (χ4v) is 1.98. The van der Waals surface area contributed by atoms with E-state index in [0.717, 1.165) is 26.1 Å². The highest BCUT2D eigenvalue weighted by Crippen LogP contribution is 2.20. The van der Waals surface area contributed by atoms with Crippen LogP contribution in [0.1, 0.15) is 6.92 Å². The summed E-state index contributed by atoms with van der Waals surface area (Å²) in [6, 6.07) is 3.82. The summed E-state index contributed by atoms with van der Waals surface area (Å²) in [6.07, 6.45) is 3.54. The summed E-state index contributed by atoms with van der Waals surface area (Å²) in [5, 5.41) is 3.20. The Kier molecular flexibility index (Phi) is 4.27. The van der Waals surface area contributed by atoms with E-state index in [1.54, 1.807) is 12.4 Å². The second kappa shape index (κ2) is 5.72. The van der Waals surface area contributed by atoms with Crippen molar-refractivity contribution in [1.82, 2.24) is 15.0 Å². The maximum atomic E-state index is 4.45. The molecule has 4 nitrogen and oxygen atoms in total. The van der Waals surface area contributed by atoms with E-state index in [2.05, 4.69) is 58.8 Å². The van der Waals surface area contributed by atoms with Crippen molar-refractivity contribution in [2.24, 2.45) is 0 Å². The van der Waals surface area contributed by atoms with Crippen molar-refractivity contribution in [2.75, 3.05) is 11.9 Å². The molecule has 0 saturated carbocycles. The summed E-state index contributed by atoms with van der Waals surface area (Å²) in [5.41, 5.74) is 0.767. The van der Waals surface area contributed by atoms with Gasteiger partial charge in [-0.2, -0.15) is 0 Å². The maximum Gasteiger partial charge on any atom is 0.180 e. The van der Waals surface area contributed by atoms with Gasteiger partial charge in [0.15, 0.2) is 5.82 Å². The van der Waals surface area contributed by atoms with Crippen molar-refractivity contribution in [3.8, 4) is 11.5 Å². The quantitative estimate of drug-likeness (QED) is 0.797. The standard InChI is InChI=1S/C11H10BrIN4/c1-2-14-10-8(13)6-16-11(17-10)9-4-3-7(12)5-15-9/h3-6H,2H2,1H3,(H,14,16,17). The van der Waals surface area contributed by atoms with E-state index >= 15 is 0 Å². The number of pyridine rings is 1. The third-order valence-corrected chi connectivity index (χ3v) is 3.30. The van der Waals surface area contributed by atoms with Gasteiger partial charge in [0.1, 0.15) is 11.5 Å². The Morgan fingerprint density at radius 2 is 2.12 bits per heavy atom. The van der Waals surface area contributed by atoms with Gasteiger partial charge in [-0.15, -0.1) is 0 Å². The molecule has 0 amide bonds. The minimum atomic E-state index is 0.633. The van der Waals surface area contributed by atoms with Crippen molar-refractivity contribution < 1.29 is 0 Å². The lowest BCUT2D eigenvalue weighted by atomic mass is 10.3. The number of hydrogen-bond acceptors (Lipinski definition) is 4. The maximum absolute atomic E-state index is 4.45. The molecular weight excluding hydrogens is 395 g/mol. The lowest BCUT2D eigenvalue weighted by Crippen LogP contribution is -2.04. The van der Waals surface area contributed by atoms with Crippen LogP contribution in [0, 0.1) is 3.57 Å². The zero-order chi connectivity index (χ0) is 12.3. The van der Waals surface area contributed by atoms with Gasteiger partial charge in [-0.3, -0.25) is 4.98 Å². The summed E-state index contributed by atoms with van der Waals surface area (Å²) < 4.78 is 1.95. The molecule has 6 heteroatoms. The van der Waals surface area contributed by atoms with Crippen LogP contribution in [-0.2, 0) is 0 Å². The van der Waals surface area contributed by atoms with Gasteiger partial charge in [-0.05, 0) is 57.6 Å². The highest BCUT2D eigenvalue weighted by molar-refractivity contribution is 14.1. The normalized spacial score (nSPS) is 10.3. The second-order valence-electron chi connectivity index (χ2n) is 3.28. The molecule has 0 unspecified atom stereocenters. The van der Waals surface area contributed by atoms with Crippen LogP contribution >= 0.6 is 38.5 Å². The molecule has 0 bridgehead atoms. The molecular formula is C11H10BrIN4. The second-order valence-corrected chi connectivity index (χ2v) is 5.36. The predicted molar refractivity (Wildman–Crippen MR) is 79.8 cm³/mol. The van der Waals surface area contributed by atoms with Crippen LogP contribution < -0.4 is 5.32 Å². The average Bonchev–Trinajstić information content (AvgIpc) is 2.33. The highest BCUT2D eigenvalue weighted by atomic mass is 127. The Hall–Kier alpha value is -0.760. The van der Waals surface area contributed by atoms with E-state index in [1.807, 2.05) is 19.1 Å². The monoisotopic (exact) mass is 404 g/mol. The lowest BCUT2D eigenvalue weighted by Gasteiger charge is -2.06. The van der Waals surface area contributed by atoms with Crippen LogP contribution in [0.25, 0.3) is 11.5 Å². The van der Waals surface area contributed by atoms with Crippen molar-refractivity contribution in [2.45, 2.75) is 6.92 Å². The van der Waals surface area contributed by atoms with Crippen molar-refractivity contribution in [3.63, 3.8) is 0 Å². The molecule has 0 aliphatic rings. The number of nitrogens with one attached hydrogen (secondary N) is 1. The Morgan fingerprint density at radius 1 is 1.29 bits per heavy atom. The van der Waals surface area contributed by atoms with E-state index in [0.29, 0.717) is 5.82 Å². The molecule has 2 heterocycles. The van der Waals surface area contributed by atoms with E-state index in [1.165, 1.54) is 0 Å². The molecule has 0 fully saturated rings. The Labute approximate surface area is 122 Å². The van der Waals surface area contributed by atoms with E-state index in [4.69, 9.17) is 0 Å². The average molecular weight is 405 g/mol. The highest BCUT2D eigenvalue weighted by Gasteiger charge is 2.07. The first-order chi connectivity index (χ1) is 8.20. The van der Waals surface area contributed by atoms with Gasteiger partial charge in [0.25, 0.3) is 0 Å². The Balaban J connectivity index is 2.39. The third kappa shape index (κ3) is 3.12. The first kappa shape index (κ1) is 12.7. The predicted octanol–water partition coefficient (Wildman–Crippen LogP) is 3.34. The van der Waals surface area contributed by atoms with E-state index in [9.17, 15) is 0 Å². The number of halogens is 2. The van der Waals surface area contributed by atoms with Crippen molar-refractivity contribution in [1.29, 1.82) is 0 Å². The van der Waals surface area contributed by atoms with Crippen LogP contribution in [0.2, 0.25) is 0 Å². The number of anilines is 1. The van der Waals surface area contributed by atoms with Gasteiger partial charge < -0.3 is 5.32 Å². The Bertz CT molecular complexity index is 515. The number of rotatable bonds is 3. The zero-order valence-electron chi connectivity index (χ0n) is 9.11. The molecule has 0 aromatic carbocycles. The van der Waals surface area contributed by atoms with Crippen LogP contribution in [-0.4, -0.2) is 21.5 Å². The van der Waals surface area contributed by atoms with Gasteiger partial charge in [-0.25, -0.2) is 9.97 Å². The van der Waals surface area contributed by atoms with Gasteiger partial charge in [0, 0.05) is 23.4 Å². The van der Waals surface area contributed by atoms with Gasteiger partial charge in [0.05, 0.1) is 3.57 Å². The van der Waals surface area contributed by atoms with Crippen LogP contribution in [0.5, 0.6) is 0 Å². The van der Waals surface area contributed by atoms with Crippen LogP contribution in [0.4, 0.5) is 5.82 Å². The lowest BCUT2D eigenvalue weighted by molar-refractivity contribution is 1.09. The smallest absolute Gasteiger partial charge is 0.180 e. The fraction of sp³-hybridized carbons (Fsp3) is 0.182. The van der Waals surface area contributed by atoms with Crippen molar-refractivity contribution >= 4 is 44.3 Å². The Morgan fingerprint density at radius 3 is 2.76 bits per heavy atom. The van der Waals surface area contributed by atoms with Crippen LogP contribution in [0.3, 0.4) is 0 Å². The summed E-state index contributed by atoms with van der Waals surface area (Å²) >= 11 is 5.56. The molecule has 0 spiro atoms. The fourth-order valence-electron chi connectivity index (χ4n) is 1.29. The molecule has 0 aliphatic carbocycles. The molecule has 0 aliphatic heterocycles. The third-order valence-electron chi connectivity index (χ3n) is 2.04. The van der Waals surface area contributed by atoms with Gasteiger partial charge in [-0.1, -0.05) is 0 Å². The molecule has 88 valence electrons. The molecule has 2 rings (SSSR count). The molecule has 1 N–H and O–H groups in total. The first-order valence-corrected chi connectivity index (χ1v) is 6.96.